The average molecular weight is 349 g/mol. The first-order valence-electron chi connectivity index (χ1n) is 8.92. The number of nitrogens with zero attached hydrogens (tertiary/aromatic N) is 4. The van der Waals surface area contributed by atoms with Gasteiger partial charge >= 0.3 is 0 Å². The molecule has 1 N–H and O–H groups in total. The van der Waals surface area contributed by atoms with Gasteiger partial charge < -0.3 is 4.90 Å². The van der Waals surface area contributed by atoms with Crippen molar-refractivity contribution in [3.63, 3.8) is 0 Å². The van der Waals surface area contributed by atoms with Crippen LogP contribution in [0.15, 0.2) is 30.3 Å². The Morgan fingerprint density at radius 3 is 2.77 bits per heavy atom. The average Bonchev–Trinajstić information content (AvgIpc) is 3.20. The lowest BCUT2D eigenvalue weighted by molar-refractivity contribution is 0.0671. The number of nitrogens with one attached hydrogen (secondary N) is 1. The third-order valence-electron chi connectivity index (χ3n) is 5.43. The van der Waals surface area contributed by atoms with E-state index in [0.717, 1.165) is 35.6 Å². The minimum Gasteiger partial charge on any atom is -0.330 e. The largest absolute Gasteiger partial charge is 0.330 e. The molecule has 3 heterocycles. The number of aromatic nitrogens is 4. The van der Waals surface area contributed by atoms with E-state index >= 15 is 0 Å². The zero-order chi connectivity index (χ0) is 18.4. The fourth-order valence-corrected chi connectivity index (χ4v) is 3.91. The van der Waals surface area contributed by atoms with Crippen LogP contribution in [0, 0.1) is 13.8 Å². The molecule has 26 heavy (non-hydrogen) atoms. The topological polar surface area (TPSA) is 66.8 Å². The van der Waals surface area contributed by atoms with Gasteiger partial charge in [-0.2, -0.15) is 10.2 Å². The predicted octanol–water partition coefficient (Wildman–Crippen LogP) is 3.19. The number of hydrogen-bond acceptors (Lipinski definition) is 3. The molecule has 1 aromatic carbocycles. The number of hydrogen-bond donors (Lipinski definition) is 1. The molecule has 3 aromatic rings. The zero-order valence-electron chi connectivity index (χ0n) is 15.6. The molecule has 0 spiro atoms. The lowest BCUT2D eigenvalue weighted by Gasteiger charge is -2.35. The van der Waals surface area contributed by atoms with Gasteiger partial charge in [-0.15, -0.1) is 0 Å². The molecule has 1 amide bonds. The highest BCUT2D eigenvalue weighted by Gasteiger charge is 2.29. The molecule has 0 saturated carbocycles. The molecule has 4 rings (SSSR count). The second-order valence-corrected chi connectivity index (χ2v) is 6.96. The number of benzene rings is 1. The Labute approximate surface area is 152 Å². The van der Waals surface area contributed by atoms with Crippen molar-refractivity contribution in [1.29, 1.82) is 0 Å². The van der Waals surface area contributed by atoms with E-state index in [9.17, 15) is 4.79 Å². The Bertz CT molecular complexity index is 984. The van der Waals surface area contributed by atoms with E-state index in [-0.39, 0.29) is 11.9 Å². The number of aromatic amines is 1. The van der Waals surface area contributed by atoms with Crippen molar-refractivity contribution < 1.29 is 4.79 Å². The van der Waals surface area contributed by atoms with Gasteiger partial charge in [0.2, 0.25) is 0 Å². The van der Waals surface area contributed by atoms with Crippen LogP contribution in [0.3, 0.4) is 0 Å². The van der Waals surface area contributed by atoms with Gasteiger partial charge in [0.1, 0.15) is 5.69 Å². The van der Waals surface area contributed by atoms with Gasteiger partial charge in [0.25, 0.3) is 5.91 Å². The number of carbonyl (C=O) groups is 1. The second-order valence-electron chi connectivity index (χ2n) is 6.96. The Morgan fingerprint density at radius 2 is 2.04 bits per heavy atom. The maximum atomic E-state index is 13.1. The lowest BCUT2D eigenvalue weighted by atomic mass is 9.93. The van der Waals surface area contributed by atoms with Crippen LogP contribution in [-0.4, -0.2) is 37.3 Å². The predicted molar refractivity (Wildman–Crippen MR) is 99.9 cm³/mol. The number of rotatable bonds is 2. The highest BCUT2D eigenvalue weighted by molar-refractivity contribution is 5.94. The van der Waals surface area contributed by atoms with Gasteiger partial charge in [-0.25, -0.2) is 0 Å². The Hall–Kier alpha value is -2.89. The summed E-state index contributed by atoms with van der Waals surface area (Å²) in [6.45, 7) is 6.77. The molecule has 0 saturated heterocycles. The minimum atomic E-state index is -0.00931. The van der Waals surface area contributed by atoms with Crippen LogP contribution in [0.2, 0.25) is 0 Å². The number of amides is 1. The van der Waals surface area contributed by atoms with E-state index < -0.39 is 0 Å². The van der Waals surface area contributed by atoms with Crippen molar-refractivity contribution in [2.24, 2.45) is 7.05 Å². The first-order chi connectivity index (χ1) is 12.5. The molecule has 0 fully saturated rings. The summed E-state index contributed by atoms with van der Waals surface area (Å²) in [5.41, 5.74) is 6.78. The maximum Gasteiger partial charge on any atom is 0.272 e. The molecule has 0 aliphatic carbocycles. The minimum absolute atomic E-state index is 0.00931. The van der Waals surface area contributed by atoms with E-state index in [1.165, 1.54) is 11.1 Å². The molecule has 1 aliphatic rings. The molecular weight excluding hydrogens is 326 g/mol. The second kappa shape index (κ2) is 6.12. The number of fused-ring (bicyclic) bond motifs is 1. The van der Waals surface area contributed by atoms with E-state index in [0.29, 0.717) is 5.69 Å². The van der Waals surface area contributed by atoms with Gasteiger partial charge in [-0.05, 0) is 44.4 Å². The van der Waals surface area contributed by atoms with Crippen LogP contribution in [0.25, 0.3) is 11.3 Å². The summed E-state index contributed by atoms with van der Waals surface area (Å²) < 4.78 is 1.84. The summed E-state index contributed by atoms with van der Waals surface area (Å²) in [4.78, 5) is 15.0. The molecule has 1 aliphatic heterocycles. The van der Waals surface area contributed by atoms with Crippen LogP contribution < -0.4 is 0 Å². The summed E-state index contributed by atoms with van der Waals surface area (Å²) >= 11 is 0. The van der Waals surface area contributed by atoms with Crippen molar-refractivity contribution in [2.45, 2.75) is 33.2 Å². The van der Waals surface area contributed by atoms with E-state index in [2.05, 4.69) is 40.4 Å². The number of aryl methyl sites for hydroxylation is 2. The lowest BCUT2D eigenvalue weighted by Crippen LogP contribution is -2.39. The summed E-state index contributed by atoms with van der Waals surface area (Å²) in [6, 6.07) is 10.2. The van der Waals surface area contributed by atoms with Crippen LogP contribution in [-0.2, 0) is 13.5 Å². The normalized spacial score (nSPS) is 16.6. The summed E-state index contributed by atoms with van der Waals surface area (Å²) in [5, 5.41) is 11.7. The third-order valence-corrected chi connectivity index (χ3v) is 5.43. The zero-order valence-corrected chi connectivity index (χ0v) is 15.6. The summed E-state index contributed by atoms with van der Waals surface area (Å²) in [6.07, 6.45) is 0.883. The van der Waals surface area contributed by atoms with E-state index in [1.807, 2.05) is 42.6 Å². The summed E-state index contributed by atoms with van der Waals surface area (Å²) in [5.74, 6) is -0.00931. The Morgan fingerprint density at radius 1 is 1.27 bits per heavy atom. The Kier molecular flexibility index (Phi) is 3.90. The van der Waals surface area contributed by atoms with Gasteiger partial charge in [0, 0.05) is 24.8 Å². The SMILES string of the molecule is Cc1nn(C)c(C)c1-c1cc(C(=O)N2CCc3ccccc3[C@@H]2C)[nH]n1. The third kappa shape index (κ3) is 2.53. The molecule has 6 nitrogen and oxygen atoms in total. The molecule has 0 bridgehead atoms. The molecular formula is C20H23N5O. The number of H-pyrrole nitrogens is 1. The van der Waals surface area contributed by atoms with Crippen LogP contribution >= 0.6 is 0 Å². The monoisotopic (exact) mass is 349 g/mol. The molecule has 0 unspecified atom stereocenters. The fraction of sp³-hybridized carbons (Fsp3) is 0.350. The van der Waals surface area contributed by atoms with Gasteiger partial charge in [0.15, 0.2) is 0 Å². The Balaban J connectivity index is 1.63. The van der Waals surface area contributed by atoms with Gasteiger partial charge in [-0.1, -0.05) is 24.3 Å². The first kappa shape index (κ1) is 16.6. The van der Waals surface area contributed by atoms with Crippen molar-refractivity contribution >= 4 is 5.91 Å². The van der Waals surface area contributed by atoms with E-state index in [1.54, 1.807) is 0 Å². The van der Waals surface area contributed by atoms with Crippen LogP contribution in [0.4, 0.5) is 0 Å². The van der Waals surface area contributed by atoms with Gasteiger partial charge in [-0.3, -0.25) is 14.6 Å². The van der Waals surface area contributed by atoms with Crippen molar-refractivity contribution in [1.82, 2.24) is 24.9 Å². The standard InChI is InChI=1S/C20H23N5O/c1-12-19(14(3)24(4)23-12)17-11-18(22-21-17)20(26)25-10-9-15-7-5-6-8-16(15)13(25)2/h5-8,11,13H,9-10H2,1-4H3,(H,21,22)/t13-/m0/s1. The molecule has 6 heteroatoms. The number of carbonyl (C=O) groups excluding carboxylic acids is 1. The fourth-order valence-electron chi connectivity index (χ4n) is 3.91. The van der Waals surface area contributed by atoms with Crippen LogP contribution in [0.5, 0.6) is 0 Å². The van der Waals surface area contributed by atoms with E-state index in [4.69, 9.17) is 0 Å². The highest BCUT2D eigenvalue weighted by atomic mass is 16.2. The summed E-state index contributed by atoms with van der Waals surface area (Å²) in [7, 11) is 1.91. The van der Waals surface area contributed by atoms with Crippen molar-refractivity contribution in [3.8, 4) is 11.3 Å². The molecule has 0 radical (unpaired) electrons. The maximum absolute atomic E-state index is 13.1. The molecule has 1 atom stereocenters. The van der Waals surface area contributed by atoms with Crippen LogP contribution in [0.1, 0.15) is 46.0 Å². The quantitative estimate of drug-likeness (QED) is 0.773. The van der Waals surface area contributed by atoms with Crippen molar-refractivity contribution in [3.05, 3.63) is 58.5 Å². The molecule has 134 valence electrons. The first-order valence-corrected chi connectivity index (χ1v) is 8.92. The van der Waals surface area contributed by atoms with Crippen molar-refractivity contribution in [2.75, 3.05) is 6.54 Å². The van der Waals surface area contributed by atoms with Gasteiger partial charge in [0.05, 0.1) is 17.4 Å². The molecule has 2 aromatic heterocycles. The highest BCUT2D eigenvalue weighted by Crippen LogP contribution is 2.31. The smallest absolute Gasteiger partial charge is 0.272 e.